The van der Waals surface area contributed by atoms with Crippen molar-refractivity contribution in [2.45, 2.75) is 17.1 Å². The van der Waals surface area contributed by atoms with Crippen molar-refractivity contribution < 1.29 is 14.3 Å². The molecule has 0 saturated heterocycles. The van der Waals surface area contributed by atoms with Crippen molar-refractivity contribution in [3.63, 3.8) is 0 Å². The molecule has 0 saturated carbocycles. The van der Waals surface area contributed by atoms with Crippen LogP contribution in [0.1, 0.15) is 13.3 Å². The van der Waals surface area contributed by atoms with E-state index < -0.39 is 15.7 Å². The maximum atomic E-state index is 10.6. The lowest BCUT2D eigenvalue weighted by atomic mass is 10.5. The van der Waals surface area contributed by atoms with Gasteiger partial charge in [0.05, 0.1) is 0 Å². The number of alkyl halides is 3. The second kappa shape index (κ2) is 4.14. The first-order valence-corrected chi connectivity index (χ1v) is 3.83. The molecule has 0 aliphatic carbocycles. The fraction of sp³-hybridized carbons (Fsp3) is 0.600. The zero-order valence-corrected chi connectivity index (χ0v) is 7.83. The minimum Gasteiger partial charge on any atom is -0.390 e. The highest BCUT2D eigenvalue weighted by molar-refractivity contribution is 6.75. The van der Waals surface area contributed by atoms with E-state index in [2.05, 4.69) is 4.74 Å². The van der Waals surface area contributed by atoms with Crippen molar-refractivity contribution >= 4 is 46.7 Å². The minimum absolute atomic E-state index is 0.0620. The molecule has 6 heteroatoms. The van der Waals surface area contributed by atoms with Crippen LogP contribution in [0.4, 0.5) is 0 Å². The number of ether oxygens (including phenoxy) is 1. The summed E-state index contributed by atoms with van der Waals surface area (Å²) >= 11 is 15.3. The number of carbonyl (C=O) groups is 2. The Balaban J connectivity index is 3.99. The molecular weight excluding hydrogens is 214 g/mol. The molecular formula is C5H5Cl3O3. The summed E-state index contributed by atoms with van der Waals surface area (Å²) in [6.45, 7) is 1.52. The van der Waals surface area contributed by atoms with Gasteiger partial charge in [-0.05, 0) is 0 Å². The Morgan fingerprint density at radius 3 is 2.09 bits per heavy atom. The zero-order chi connectivity index (χ0) is 9.07. The Morgan fingerprint density at radius 1 is 1.36 bits per heavy atom. The first-order chi connectivity index (χ1) is 4.88. The Kier molecular flexibility index (Phi) is 4.14. The van der Waals surface area contributed by atoms with Crippen LogP contribution < -0.4 is 0 Å². The van der Waals surface area contributed by atoms with Gasteiger partial charge < -0.3 is 4.74 Å². The van der Waals surface area contributed by atoms with E-state index in [1.165, 1.54) is 6.92 Å². The van der Waals surface area contributed by atoms with Gasteiger partial charge in [-0.1, -0.05) is 41.7 Å². The molecule has 0 aliphatic rings. The van der Waals surface area contributed by atoms with Gasteiger partial charge in [0.15, 0.2) is 0 Å². The van der Waals surface area contributed by atoms with Gasteiger partial charge in [0.2, 0.25) is 0 Å². The molecule has 0 aromatic heterocycles. The number of esters is 2. The van der Waals surface area contributed by atoms with Crippen molar-refractivity contribution in [1.82, 2.24) is 0 Å². The topological polar surface area (TPSA) is 43.4 Å². The third-order valence-corrected chi connectivity index (χ3v) is 1.19. The molecule has 0 unspecified atom stereocenters. The van der Waals surface area contributed by atoms with Gasteiger partial charge in [-0.25, -0.2) is 4.79 Å². The van der Waals surface area contributed by atoms with Gasteiger partial charge in [-0.2, -0.15) is 0 Å². The van der Waals surface area contributed by atoms with Gasteiger partial charge in [0, 0.05) is 6.42 Å². The second-order valence-electron chi connectivity index (χ2n) is 1.61. The maximum absolute atomic E-state index is 10.6. The first-order valence-electron chi connectivity index (χ1n) is 2.69. The van der Waals surface area contributed by atoms with Crippen LogP contribution in [0.2, 0.25) is 0 Å². The van der Waals surface area contributed by atoms with Crippen LogP contribution in [0.3, 0.4) is 0 Å². The van der Waals surface area contributed by atoms with E-state index in [0.717, 1.165) is 0 Å². The molecule has 0 atom stereocenters. The Labute approximate surface area is 78.5 Å². The quantitative estimate of drug-likeness (QED) is 0.384. The number of halogens is 3. The third kappa shape index (κ3) is 4.45. The van der Waals surface area contributed by atoms with Crippen molar-refractivity contribution in [3.05, 3.63) is 0 Å². The lowest BCUT2D eigenvalue weighted by Gasteiger charge is -2.07. The second-order valence-corrected chi connectivity index (χ2v) is 3.89. The summed E-state index contributed by atoms with van der Waals surface area (Å²) in [5.74, 6) is -1.89. The summed E-state index contributed by atoms with van der Waals surface area (Å²) in [5, 5.41) is 0. The lowest BCUT2D eigenvalue weighted by Crippen LogP contribution is -2.24. The predicted octanol–water partition coefficient (Wildman–Crippen LogP) is 1.84. The van der Waals surface area contributed by atoms with Crippen LogP contribution in [0.15, 0.2) is 0 Å². The molecule has 0 N–H and O–H groups in total. The normalized spacial score (nSPS) is 10.9. The van der Waals surface area contributed by atoms with E-state index in [9.17, 15) is 9.59 Å². The molecule has 0 aromatic rings. The van der Waals surface area contributed by atoms with E-state index in [-0.39, 0.29) is 6.42 Å². The van der Waals surface area contributed by atoms with E-state index in [1.807, 2.05) is 0 Å². The van der Waals surface area contributed by atoms with Gasteiger partial charge in [0.1, 0.15) is 0 Å². The zero-order valence-electron chi connectivity index (χ0n) is 5.57. The molecule has 3 nitrogen and oxygen atoms in total. The molecule has 11 heavy (non-hydrogen) atoms. The fourth-order valence-electron chi connectivity index (χ4n) is 0.233. The Hall–Kier alpha value is 0.01000. The van der Waals surface area contributed by atoms with E-state index >= 15 is 0 Å². The SMILES string of the molecule is CCC(=O)OC(=O)C(Cl)(Cl)Cl. The highest BCUT2D eigenvalue weighted by Gasteiger charge is 2.34. The van der Waals surface area contributed by atoms with Crippen LogP contribution >= 0.6 is 34.8 Å². The summed E-state index contributed by atoms with van der Waals surface area (Å²) in [5.41, 5.74) is 0. The molecule has 0 amide bonds. The average Bonchev–Trinajstić information content (AvgIpc) is 1.85. The fourth-order valence-corrected chi connectivity index (χ4v) is 0.349. The number of rotatable bonds is 1. The average molecular weight is 219 g/mol. The van der Waals surface area contributed by atoms with Crippen molar-refractivity contribution in [3.8, 4) is 0 Å². The minimum atomic E-state index is -2.18. The van der Waals surface area contributed by atoms with Gasteiger partial charge >= 0.3 is 11.9 Å². The molecule has 0 spiro atoms. The number of hydrogen-bond acceptors (Lipinski definition) is 3. The summed E-state index contributed by atoms with van der Waals surface area (Å²) in [6.07, 6.45) is 0.0620. The van der Waals surface area contributed by atoms with Crippen LogP contribution in [-0.4, -0.2) is 15.7 Å². The maximum Gasteiger partial charge on any atom is 0.366 e. The number of hydrogen-bond donors (Lipinski definition) is 0. The van der Waals surface area contributed by atoms with E-state index in [1.54, 1.807) is 0 Å². The van der Waals surface area contributed by atoms with Crippen molar-refractivity contribution in [1.29, 1.82) is 0 Å². The molecule has 0 aliphatic heterocycles. The van der Waals surface area contributed by atoms with Crippen LogP contribution in [-0.2, 0) is 14.3 Å². The molecule has 0 bridgehead atoms. The van der Waals surface area contributed by atoms with Crippen LogP contribution in [0.5, 0.6) is 0 Å². The molecule has 64 valence electrons. The lowest BCUT2D eigenvalue weighted by molar-refractivity contribution is -0.158. The molecule has 0 heterocycles. The predicted molar refractivity (Wildman–Crippen MR) is 41.7 cm³/mol. The van der Waals surface area contributed by atoms with Crippen molar-refractivity contribution in [2.75, 3.05) is 0 Å². The van der Waals surface area contributed by atoms with E-state index in [0.29, 0.717) is 0 Å². The summed E-state index contributed by atoms with van der Waals surface area (Å²) in [7, 11) is 0. The largest absolute Gasteiger partial charge is 0.390 e. The van der Waals surface area contributed by atoms with Crippen LogP contribution in [0.25, 0.3) is 0 Å². The molecule has 0 rings (SSSR count). The molecule has 0 fully saturated rings. The molecule has 0 aromatic carbocycles. The summed E-state index contributed by atoms with van der Waals surface area (Å²) in [6, 6.07) is 0. The van der Waals surface area contributed by atoms with Gasteiger partial charge in [-0.3, -0.25) is 4.79 Å². The number of carbonyl (C=O) groups excluding carboxylic acids is 2. The third-order valence-electron chi connectivity index (χ3n) is 0.727. The monoisotopic (exact) mass is 218 g/mol. The standard InChI is InChI=1S/C5H5Cl3O3/c1-2-3(9)11-4(10)5(6,7)8/h2H2,1H3. The van der Waals surface area contributed by atoms with Gasteiger partial charge in [-0.15, -0.1) is 0 Å². The summed E-state index contributed by atoms with van der Waals surface area (Å²) < 4.78 is 1.91. The summed E-state index contributed by atoms with van der Waals surface area (Å²) in [4.78, 5) is 21.0. The van der Waals surface area contributed by atoms with Crippen LogP contribution in [0, 0.1) is 0 Å². The Morgan fingerprint density at radius 2 is 1.82 bits per heavy atom. The van der Waals surface area contributed by atoms with Gasteiger partial charge in [0.25, 0.3) is 3.79 Å². The van der Waals surface area contributed by atoms with Crippen molar-refractivity contribution in [2.24, 2.45) is 0 Å². The Bertz CT molecular complexity index is 172. The first kappa shape index (κ1) is 11.0. The smallest absolute Gasteiger partial charge is 0.366 e. The van der Waals surface area contributed by atoms with E-state index in [4.69, 9.17) is 34.8 Å². The molecule has 0 radical (unpaired) electrons. The highest BCUT2D eigenvalue weighted by Crippen LogP contribution is 2.27. The highest BCUT2D eigenvalue weighted by atomic mass is 35.6.